The molecule has 0 spiro atoms. The molecule has 152 valence electrons. The van der Waals surface area contributed by atoms with Gasteiger partial charge in [0.2, 0.25) is 10.0 Å². The van der Waals surface area contributed by atoms with Crippen LogP contribution in [0.3, 0.4) is 0 Å². The van der Waals surface area contributed by atoms with Gasteiger partial charge in [0.25, 0.3) is 0 Å². The van der Waals surface area contributed by atoms with Crippen molar-refractivity contribution in [2.45, 2.75) is 11.0 Å². The molecule has 0 unspecified atom stereocenters. The van der Waals surface area contributed by atoms with E-state index < -0.39 is 21.9 Å². The molecule has 2 aromatic rings. The van der Waals surface area contributed by atoms with Gasteiger partial charge in [-0.1, -0.05) is 12.1 Å². The average molecular weight is 412 g/mol. The van der Waals surface area contributed by atoms with Crippen LogP contribution in [0.4, 0.5) is 8.78 Å². The van der Waals surface area contributed by atoms with Gasteiger partial charge >= 0.3 is 0 Å². The van der Waals surface area contributed by atoms with Crippen molar-refractivity contribution in [2.24, 2.45) is 0 Å². The zero-order valence-corrected chi connectivity index (χ0v) is 16.0. The Morgan fingerprint density at radius 1 is 1.00 bits per heavy atom. The molecular formula is C19H22F2N2O4S. The maximum absolute atomic E-state index is 13.9. The highest BCUT2D eigenvalue weighted by Crippen LogP contribution is 2.20. The van der Waals surface area contributed by atoms with Gasteiger partial charge in [-0.25, -0.2) is 17.2 Å². The van der Waals surface area contributed by atoms with Crippen molar-refractivity contribution in [3.05, 3.63) is 60.2 Å². The Kier molecular flexibility index (Phi) is 6.61. The number of hydrogen-bond donors (Lipinski definition) is 1. The molecule has 1 heterocycles. The lowest BCUT2D eigenvalue weighted by Crippen LogP contribution is -2.50. The fourth-order valence-electron chi connectivity index (χ4n) is 3.02. The number of rotatable bonds is 7. The molecule has 0 amide bonds. The molecule has 0 bridgehead atoms. The minimum absolute atomic E-state index is 0.0410. The summed E-state index contributed by atoms with van der Waals surface area (Å²) in [4.78, 5) is 1.60. The number of piperazine rings is 1. The quantitative estimate of drug-likeness (QED) is 0.750. The number of aliphatic hydroxyl groups excluding tert-OH is 1. The minimum atomic E-state index is -3.88. The first-order valence-electron chi connectivity index (χ1n) is 8.90. The second kappa shape index (κ2) is 8.95. The van der Waals surface area contributed by atoms with E-state index in [1.165, 1.54) is 46.8 Å². The first kappa shape index (κ1) is 20.7. The molecule has 0 saturated carbocycles. The molecule has 3 rings (SSSR count). The molecule has 0 aliphatic carbocycles. The van der Waals surface area contributed by atoms with Crippen molar-refractivity contribution in [3.63, 3.8) is 0 Å². The van der Waals surface area contributed by atoms with E-state index in [1.807, 2.05) is 4.90 Å². The summed E-state index contributed by atoms with van der Waals surface area (Å²) in [6, 6.07) is 10.8. The van der Waals surface area contributed by atoms with Gasteiger partial charge in [0.05, 0.1) is 0 Å². The van der Waals surface area contributed by atoms with Crippen LogP contribution in [0.5, 0.6) is 5.75 Å². The first-order valence-corrected chi connectivity index (χ1v) is 10.3. The van der Waals surface area contributed by atoms with Crippen LogP contribution in [0.15, 0.2) is 53.4 Å². The van der Waals surface area contributed by atoms with Crippen LogP contribution >= 0.6 is 0 Å². The van der Waals surface area contributed by atoms with Crippen molar-refractivity contribution in [3.8, 4) is 5.75 Å². The lowest BCUT2D eigenvalue weighted by atomic mass is 10.3. The summed E-state index contributed by atoms with van der Waals surface area (Å²) in [6.45, 7) is 1.61. The van der Waals surface area contributed by atoms with E-state index in [9.17, 15) is 22.3 Å². The maximum atomic E-state index is 13.9. The fourth-order valence-corrected chi connectivity index (χ4v) is 4.51. The second-order valence-electron chi connectivity index (χ2n) is 6.55. The summed E-state index contributed by atoms with van der Waals surface area (Å²) < 4.78 is 58.6. The van der Waals surface area contributed by atoms with Crippen LogP contribution in [0.2, 0.25) is 0 Å². The third-order valence-electron chi connectivity index (χ3n) is 4.51. The number of β-amino-alcohol motifs (C(OH)–C–C–N with tert-alkyl or cyclic N) is 1. The van der Waals surface area contributed by atoms with E-state index in [0.29, 0.717) is 25.4 Å². The predicted octanol–water partition coefficient (Wildman–Crippen LogP) is 1.71. The number of sulfonamides is 1. The number of ether oxygens (including phenoxy) is 1. The Morgan fingerprint density at radius 2 is 1.64 bits per heavy atom. The van der Waals surface area contributed by atoms with E-state index in [4.69, 9.17) is 4.74 Å². The molecule has 1 fully saturated rings. The molecule has 1 atom stereocenters. The number of aliphatic hydroxyl groups is 1. The van der Waals surface area contributed by atoms with Gasteiger partial charge < -0.3 is 9.84 Å². The number of halogens is 2. The van der Waals surface area contributed by atoms with Gasteiger partial charge in [-0.3, -0.25) is 4.90 Å². The second-order valence-corrected chi connectivity index (χ2v) is 8.46. The highest BCUT2D eigenvalue weighted by atomic mass is 32.2. The van der Waals surface area contributed by atoms with E-state index in [1.54, 1.807) is 0 Å². The molecule has 9 heteroatoms. The van der Waals surface area contributed by atoms with Crippen LogP contribution in [0.1, 0.15) is 0 Å². The molecule has 0 radical (unpaired) electrons. The lowest BCUT2D eigenvalue weighted by molar-refractivity contribution is 0.0568. The predicted molar refractivity (Wildman–Crippen MR) is 99.5 cm³/mol. The normalized spacial score (nSPS) is 17.4. The van der Waals surface area contributed by atoms with Crippen LogP contribution in [-0.4, -0.2) is 68.2 Å². The standard InChI is InChI=1S/C19H22F2N2O4S/c20-15-5-7-17(8-6-15)27-14-16(24)13-22-9-11-23(12-10-22)28(25,26)19-4-2-1-3-18(19)21/h1-8,16,24H,9-14H2/t16-/m0/s1. The maximum Gasteiger partial charge on any atom is 0.246 e. The highest BCUT2D eigenvalue weighted by molar-refractivity contribution is 7.89. The number of nitrogens with zero attached hydrogens (tertiary/aromatic N) is 2. The van der Waals surface area contributed by atoms with Crippen LogP contribution in [-0.2, 0) is 10.0 Å². The summed E-state index contributed by atoms with van der Waals surface area (Å²) in [5, 5.41) is 10.1. The van der Waals surface area contributed by atoms with E-state index in [-0.39, 0.29) is 30.4 Å². The smallest absolute Gasteiger partial charge is 0.246 e. The minimum Gasteiger partial charge on any atom is -0.491 e. The SMILES string of the molecule is O=S(=O)(c1ccccc1F)N1CCN(C[C@H](O)COc2ccc(F)cc2)CC1. The molecule has 0 aromatic heterocycles. The van der Waals surface area contributed by atoms with Crippen LogP contribution < -0.4 is 4.74 Å². The molecule has 1 aliphatic heterocycles. The molecule has 1 N–H and O–H groups in total. The number of hydrogen-bond acceptors (Lipinski definition) is 5. The summed E-state index contributed by atoms with van der Waals surface area (Å²) >= 11 is 0. The first-order chi connectivity index (χ1) is 13.4. The Morgan fingerprint density at radius 3 is 2.29 bits per heavy atom. The summed E-state index contributed by atoms with van der Waals surface area (Å²) in [5.74, 6) is -0.671. The van der Waals surface area contributed by atoms with Gasteiger partial charge in [0.15, 0.2) is 0 Å². The van der Waals surface area contributed by atoms with Crippen LogP contribution in [0.25, 0.3) is 0 Å². The van der Waals surface area contributed by atoms with E-state index in [2.05, 4.69) is 0 Å². The monoisotopic (exact) mass is 412 g/mol. The van der Waals surface area contributed by atoms with Crippen molar-refractivity contribution in [2.75, 3.05) is 39.3 Å². The topological polar surface area (TPSA) is 70.1 Å². The summed E-state index contributed by atoms with van der Waals surface area (Å²) in [5.41, 5.74) is 0. The van der Waals surface area contributed by atoms with Crippen molar-refractivity contribution in [1.29, 1.82) is 0 Å². The largest absolute Gasteiger partial charge is 0.491 e. The average Bonchev–Trinajstić information content (AvgIpc) is 2.68. The van der Waals surface area contributed by atoms with Gasteiger partial charge in [0, 0.05) is 32.7 Å². The number of benzene rings is 2. The Hall–Kier alpha value is -2.07. The lowest BCUT2D eigenvalue weighted by Gasteiger charge is -2.34. The van der Waals surface area contributed by atoms with Gasteiger partial charge in [-0.05, 0) is 36.4 Å². The molecule has 1 aliphatic rings. The molecule has 6 nitrogen and oxygen atoms in total. The third kappa shape index (κ3) is 5.05. The van der Waals surface area contributed by atoms with Crippen molar-refractivity contribution < 1.29 is 27.0 Å². The fraction of sp³-hybridized carbons (Fsp3) is 0.368. The van der Waals surface area contributed by atoms with Gasteiger partial charge in [-0.15, -0.1) is 0 Å². The third-order valence-corrected chi connectivity index (χ3v) is 6.44. The van der Waals surface area contributed by atoms with E-state index >= 15 is 0 Å². The zero-order chi connectivity index (χ0) is 20.1. The Labute approximate surface area is 163 Å². The molecule has 28 heavy (non-hydrogen) atoms. The molecule has 2 aromatic carbocycles. The van der Waals surface area contributed by atoms with Crippen molar-refractivity contribution in [1.82, 2.24) is 9.21 Å². The van der Waals surface area contributed by atoms with Gasteiger partial charge in [0.1, 0.15) is 35.0 Å². The Balaban J connectivity index is 1.48. The summed E-state index contributed by atoms with van der Waals surface area (Å²) in [7, 11) is -3.88. The molecule has 1 saturated heterocycles. The van der Waals surface area contributed by atoms with Crippen LogP contribution in [0, 0.1) is 11.6 Å². The summed E-state index contributed by atoms with van der Waals surface area (Å²) in [6.07, 6.45) is -0.778. The van der Waals surface area contributed by atoms with Crippen molar-refractivity contribution >= 4 is 10.0 Å². The van der Waals surface area contributed by atoms with Gasteiger partial charge in [-0.2, -0.15) is 4.31 Å². The Bertz CT molecular complexity index is 885. The zero-order valence-electron chi connectivity index (χ0n) is 15.2. The highest BCUT2D eigenvalue weighted by Gasteiger charge is 2.30. The molecular weight excluding hydrogens is 390 g/mol. The van der Waals surface area contributed by atoms with E-state index in [0.717, 1.165) is 6.07 Å².